The normalized spacial score (nSPS) is 15.7. The van der Waals surface area contributed by atoms with Crippen molar-refractivity contribution >= 4 is 77.2 Å². The minimum absolute atomic E-state index is 0.00814. The number of anilines is 1. The average molecular weight is 590 g/mol. The molecule has 12 heteroatoms. The molecule has 0 saturated carbocycles. The molecule has 4 rings (SSSR count). The van der Waals surface area contributed by atoms with Crippen LogP contribution in [-0.2, 0) is 14.8 Å². The van der Waals surface area contributed by atoms with E-state index < -0.39 is 10.0 Å². The number of likely N-dealkylation sites (N-methyl/N-ethyl adjacent to an activating group) is 1. The number of nitrogens with zero attached hydrogens (tertiary/aromatic N) is 4. The highest BCUT2D eigenvalue weighted by atomic mass is 35.5. The molecule has 36 heavy (non-hydrogen) atoms. The van der Waals surface area contributed by atoms with Gasteiger partial charge in [-0.15, -0.1) is 11.3 Å². The van der Waals surface area contributed by atoms with Gasteiger partial charge in [0, 0.05) is 32.1 Å². The monoisotopic (exact) mass is 588 g/mol. The quantitative estimate of drug-likeness (QED) is 0.318. The Morgan fingerprint density at radius 1 is 1.08 bits per heavy atom. The van der Waals surface area contributed by atoms with E-state index in [4.69, 9.17) is 28.2 Å². The maximum atomic E-state index is 13.8. The van der Waals surface area contributed by atoms with Crippen LogP contribution in [0.4, 0.5) is 5.13 Å². The number of aromatic nitrogens is 1. The summed E-state index contributed by atoms with van der Waals surface area (Å²) in [7, 11) is -3.61. The summed E-state index contributed by atoms with van der Waals surface area (Å²) in [5.41, 5.74) is 1.83. The van der Waals surface area contributed by atoms with E-state index >= 15 is 0 Å². The Bertz CT molecular complexity index is 1290. The van der Waals surface area contributed by atoms with Crippen LogP contribution in [0.2, 0.25) is 9.36 Å². The van der Waals surface area contributed by atoms with Gasteiger partial charge < -0.3 is 4.90 Å². The second kappa shape index (κ2) is 11.6. The third kappa shape index (κ3) is 5.75. The molecule has 0 unspecified atom stereocenters. The summed E-state index contributed by atoms with van der Waals surface area (Å²) < 4.78 is 29.0. The zero-order chi connectivity index (χ0) is 26.0. The van der Waals surface area contributed by atoms with Gasteiger partial charge in [0.2, 0.25) is 5.91 Å². The molecule has 3 heterocycles. The van der Waals surface area contributed by atoms with Crippen LogP contribution in [0, 0.1) is 12.8 Å². The van der Waals surface area contributed by atoms with Crippen LogP contribution in [0.3, 0.4) is 0 Å². The molecule has 0 N–H and O–H groups in total. The van der Waals surface area contributed by atoms with E-state index in [1.165, 1.54) is 21.7 Å². The Hall–Kier alpha value is -1.27. The summed E-state index contributed by atoms with van der Waals surface area (Å²) in [4.78, 5) is 22.7. The first-order valence-corrected chi connectivity index (χ1v) is 15.8. The lowest BCUT2D eigenvalue weighted by Gasteiger charge is -2.33. The highest BCUT2D eigenvalue weighted by molar-refractivity contribution is 7.91. The zero-order valence-electron chi connectivity index (χ0n) is 20.5. The Morgan fingerprint density at radius 3 is 2.36 bits per heavy atom. The zero-order valence-corrected chi connectivity index (χ0v) is 24.5. The van der Waals surface area contributed by atoms with Gasteiger partial charge in [-0.1, -0.05) is 54.5 Å². The van der Waals surface area contributed by atoms with E-state index in [1.807, 2.05) is 19.1 Å². The van der Waals surface area contributed by atoms with Crippen LogP contribution in [0.25, 0.3) is 10.2 Å². The Morgan fingerprint density at radius 2 is 1.78 bits per heavy atom. The first kappa shape index (κ1) is 27.8. The lowest BCUT2D eigenvalue weighted by molar-refractivity contribution is -0.123. The van der Waals surface area contributed by atoms with Crippen LogP contribution in [0.5, 0.6) is 0 Å². The van der Waals surface area contributed by atoms with E-state index in [2.05, 4.69) is 18.7 Å². The molecule has 1 fully saturated rings. The summed E-state index contributed by atoms with van der Waals surface area (Å²) in [5.74, 6) is -0.283. The summed E-state index contributed by atoms with van der Waals surface area (Å²) >= 11 is 14.9. The van der Waals surface area contributed by atoms with Gasteiger partial charge in [0.05, 0.1) is 19.6 Å². The molecule has 7 nitrogen and oxygen atoms in total. The number of carbonyl (C=O) groups is 1. The van der Waals surface area contributed by atoms with E-state index in [9.17, 15) is 13.2 Å². The fourth-order valence-electron chi connectivity index (χ4n) is 4.41. The maximum Gasteiger partial charge on any atom is 0.252 e. The number of benzene rings is 1. The van der Waals surface area contributed by atoms with Crippen molar-refractivity contribution in [3.63, 3.8) is 0 Å². The van der Waals surface area contributed by atoms with Gasteiger partial charge in [-0.2, -0.15) is 4.31 Å². The summed E-state index contributed by atoms with van der Waals surface area (Å²) in [6.45, 7) is 9.82. The number of hydrogen-bond donors (Lipinski definition) is 0. The number of halogens is 2. The molecule has 0 radical (unpaired) electrons. The van der Waals surface area contributed by atoms with Crippen molar-refractivity contribution in [2.45, 2.75) is 37.8 Å². The minimum Gasteiger partial charge on any atom is -0.302 e. The first-order chi connectivity index (χ1) is 17.1. The number of sulfonamides is 1. The first-order valence-electron chi connectivity index (χ1n) is 12.0. The van der Waals surface area contributed by atoms with Crippen molar-refractivity contribution in [3.05, 3.63) is 39.2 Å². The van der Waals surface area contributed by atoms with Crippen molar-refractivity contribution in [1.29, 1.82) is 0 Å². The van der Waals surface area contributed by atoms with Crippen molar-refractivity contribution in [2.75, 3.05) is 44.2 Å². The van der Waals surface area contributed by atoms with Crippen molar-refractivity contribution in [1.82, 2.24) is 14.2 Å². The van der Waals surface area contributed by atoms with Crippen LogP contribution in [-0.4, -0.2) is 67.8 Å². The molecular weight excluding hydrogens is 559 g/mol. The van der Waals surface area contributed by atoms with Gasteiger partial charge in [0.1, 0.15) is 4.21 Å². The topological polar surface area (TPSA) is 73.8 Å². The summed E-state index contributed by atoms with van der Waals surface area (Å²) in [5, 5.41) is 1.27. The van der Waals surface area contributed by atoms with Crippen molar-refractivity contribution in [3.8, 4) is 0 Å². The number of thiophene rings is 1. The fraction of sp³-hybridized carbons (Fsp3) is 0.500. The minimum atomic E-state index is -3.61. The molecule has 0 spiro atoms. The molecule has 1 amide bonds. The van der Waals surface area contributed by atoms with Crippen LogP contribution >= 0.6 is 45.9 Å². The van der Waals surface area contributed by atoms with E-state index in [0.717, 1.165) is 46.8 Å². The third-order valence-corrected chi connectivity index (χ3v) is 11.8. The molecule has 0 bridgehead atoms. The number of aryl methyl sites for hydroxylation is 1. The lowest BCUT2D eigenvalue weighted by Crippen LogP contribution is -2.46. The lowest BCUT2D eigenvalue weighted by atomic mass is 9.96. The molecule has 1 aliphatic heterocycles. The molecular formula is C24H30Cl2N4O3S3. The van der Waals surface area contributed by atoms with Gasteiger partial charge in [-0.3, -0.25) is 9.69 Å². The second-order valence-corrected chi connectivity index (χ2v) is 14.1. The Kier molecular flexibility index (Phi) is 8.97. The number of rotatable bonds is 9. The SMILES string of the molecule is CCN(CC)CCN(C(=O)C1CCN(S(=O)(=O)c2ccc(Cl)s2)CC1)c1nc2c(C)ccc(Cl)c2s1. The molecule has 1 saturated heterocycles. The highest BCUT2D eigenvalue weighted by Crippen LogP contribution is 2.37. The van der Waals surface area contributed by atoms with Gasteiger partial charge >= 0.3 is 0 Å². The van der Waals surface area contributed by atoms with Gasteiger partial charge in [0.25, 0.3) is 10.0 Å². The molecule has 0 aliphatic carbocycles. The number of carbonyl (C=O) groups excluding carboxylic acids is 1. The summed E-state index contributed by atoms with van der Waals surface area (Å²) in [6, 6.07) is 6.93. The van der Waals surface area contributed by atoms with Gasteiger partial charge in [-0.05, 0) is 56.6 Å². The molecule has 196 valence electrons. The van der Waals surface area contributed by atoms with Gasteiger partial charge in [-0.25, -0.2) is 13.4 Å². The Labute approximate surface area is 230 Å². The second-order valence-electron chi connectivity index (χ2n) is 8.79. The van der Waals surface area contributed by atoms with E-state index in [1.54, 1.807) is 11.0 Å². The molecule has 2 aromatic heterocycles. The van der Waals surface area contributed by atoms with Crippen molar-refractivity contribution in [2.24, 2.45) is 5.92 Å². The summed E-state index contributed by atoms with van der Waals surface area (Å²) in [6.07, 6.45) is 0.924. The van der Waals surface area contributed by atoms with Crippen LogP contribution in [0.15, 0.2) is 28.5 Å². The number of piperidine rings is 1. The highest BCUT2D eigenvalue weighted by Gasteiger charge is 2.35. The fourth-order valence-corrected chi connectivity index (χ4v) is 8.87. The molecule has 1 aromatic carbocycles. The van der Waals surface area contributed by atoms with E-state index in [0.29, 0.717) is 47.0 Å². The average Bonchev–Trinajstić information content (AvgIpc) is 3.52. The van der Waals surface area contributed by atoms with Crippen LogP contribution in [0.1, 0.15) is 32.3 Å². The van der Waals surface area contributed by atoms with E-state index in [-0.39, 0.29) is 16.0 Å². The maximum absolute atomic E-state index is 13.8. The number of hydrogen-bond acceptors (Lipinski definition) is 7. The standard InChI is InChI=1S/C24H30Cl2N4O3S3/c1-4-28(5-2)14-15-30(24-27-21-16(3)6-7-18(25)22(21)35-24)23(31)17-10-12-29(13-11-17)36(32,33)20-9-8-19(26)34-20/h6-9,17H,4-5,10-15H2,1-3H3. The third-order valence-electron chi connectivity index (χ3n) is 6.66. The largest absolute Gasteiger partial charge is 0.302 e. The van der Waals surface area contributed by atoms with Crippen LogP contribution < -0.4 is 4.90 Å². The number of thiazole rings is 1. The Balaban J connectivity index is 1.55. The smallest absolute Gasteiger partial charge is 0.252 e. The van der Waals surface area contributed by atoms with Crippen molar-refractivity contribution < 1.29 is 13.2 Å². The van der Waals surface area contributed by atoms with Gasteiger partial charge in [0.15, 0.2) is 5.13 Å². The predicted molar refractivity (Wildman–Crippen MR) is 150 cm³/mol. The number of amides is 1. The number of fused-ring (bicyclic) bond motifs is 1. The molecule has 1 aliphatic rings. The molecule has 0 atom stereocenters. The predicted octanol–water partition coefficient (Wildman–Crippen LogP) is 5.75. The molecule has 3 aromatic rings.